The van der Waals surface area contributed by atoms with Crippen LogP contribution in [-0.4, -0.2) is 9.59 Å². The van der Waals surface area contributed by atoms with Crippen molar-refractivity contribution in [1.82, 2.24) is 9.59 Å². The first-order valence-electron chi connectivity index (χ1n) is 5.15. The fourth-order valence-corrected chi connectivity index (χ4v) is 2.32. The Hall–Kier alpha value is -1.40. The van der Waals surface area contributed by atoms with Gasteiger partial charge in [0.25, 0.3) is 0 Å². The molecule has 17 heavy (non-hydrogen) atoms. The normalized spacial score (nSPS) is 12.7. The molecule has 2 rings (SSSR count). The number of nitrogens with zero attached hydrogens (tertiary/aromatic N) is 2. The van der Waals surface area contributed by atoms with E-state index in [4.69, 9.17) is 5.73 Å². The van der Waals surface area contributed by atoms with Crippen molar-refractivity contribution in [2.45, 2.75) is 19.4 Å². The third-order valence-corrected chi connectivity index (χ3v) is 3.35. The van der Waals surface area contributed by atoms with Gasteiger partial charge in [0.1, 0.15) is 0 Å². The van der Waals surface area contributed by atoms with Gasteiger partial charge in [0.05, 0.1) is 16.6 Å². The van der Waals surface area contributed by atoms with Crippen LogP contribution in [0.5, 0.6) is 0 Å². The van der Waals surface area contributed by atoms with Gasteiger partial charge in [-0.3, -0.25) is 0 Å². The zero-order valence-electron chi connectivity index (χ0n) is 9.15. The Morgan fingerprint density at radius 2 is 2.12 bits per heavy atom. The molecule has 0 spiro atoms. The Morgan fingerprint density at radius 1 is 1.35 bits per heavy atom. The maximum absolute atomic E-state index is 13.1. The number of aryl methyl sites for hydroxylation is 1. The van der Waals surface area contributed by atoms with Crippen LogP contribution in [0.25, 0.3) is 0 Å². The molecule has 0 radical (unpaired) electrons. The van der Waals surface area contributed by atoms with E-state index in [1.165, 1.54) is 17.6 Å². The summed E-state index contributed by atoms with van der Waals surface area (Å²) < 4.78 is 29.7. The van der Waals surface area contributed by atoms with Crippen molar-refractivity contribution in [3.05, 3.63) is 46.0 Å². The number of hydrogen-bond donors (Lipinski definition) is 1. The molecule has 1 heterocycles. The van der Waals surface area contributed by atoms with E-state index < -0.39 is 17.7 Å². The smallest absolute Gasteiger partial charge is 0.159 e. The zero-order chi connectivity index (χ0) is 12.4. The fourth-order valence-electron chi connectivity index (χ4n) is 1.55. The summed E-state index contributed by atoms with van der Waals surface area (Å²) in [7, 11) is 0. The van der Waals surface area contributed by atoms with Crippen molar-refractivity contribution in [1.29, 1.82) is 0 Å². The summed E-state index contributed by atoms with van der Waals surface area (Å²) in [5.41, 5.74) is 7.31. The van der Waals surface area contributed by atoms with Gasteiger partial charge in [0, 0.05) is 0 Å². The van der Waals surface area contributed by atoms with Gasteiger partial charge >= 0.3 is 0 Å². The van der Waals surface area contributed by atoms with E-state index >= 15 is 0 Å². The SMILES string of the molecule is CCc1nnsc1C(N)c1ccc(F)c(F)c1. The highest BCUT2D eigenvalue weighted by atomic mass is 32.1. The topological polar surface area (TPSA) is 51.8 Å². The molecular weight excluding hydrogens is 244 g/mol. The summed E-state index contributed by atoms with van der Waals surface area (Å²) in [6.45, 7) is 1.94. The molecular formula is C11H11F2N3S. The minimum Gasteiger partial charge on any atom is -0.319 e. The molecule has 6 heteroatoms. The molecule has 0 saturated carbocycles. The van der Waals surface area contributed by atoms with Crippen LogP contribution < -0.4 is 5.73 Å². The average Bonchev–Trinajstić information content (AvgIpc) is 2.80. The fraction of sp³-hybridized carbons (Fsp3) is 0.273. The van der Waals surface area contributed by atoms with Crippen molar-refractivity contribution in [2.75, 3.05) is 0 Å². The Morgan fingerprint density at radius 3 is 2.76 bits per heavy atom. The maximum Gasteiger partial charge on any atom is 0.159 e. The van der Waals surface area contributed by atoms with E-state index in [1.807, 2.05) is 6.92 Å². The second-order valence-corrected chi connectivity index (χ2v) is 4.37. The number of rotatable bonds is 3. The summed E-state index contributed by atoms with van der Waals surface area (Å²) in [5.74, 6) is -1.77. The second kappa shape index (κ2) is 4.85. The third-order valence-electron chi connectivity index (χ3n) is 2.51. The lowest BCUT2D eigenvalue weighted by Crippen LogP contribution is -2.12. The van der Waals surface area contributed by atoms with Gasteiger partial charge in [0.2, 0.25) is 0 Å². The standard InChI is InChI=1S/C11H11F2N3S/c1-2-9-11(17-16-15-9)10(14)6-3-4-7(12)8(13)5-6/h3-5,10H,2,14H2,1H3. The van der Waals surface area contributed by atoms with Crippen LogP contribution in [0.1, 0.15) is 29.1 Å². The number of nitrogens with two attached hydrogens (primary N) is 1. The maximum atomic E-state index is 13.1. The molecule has 2 aromatic rings. The monoisotopic (exact) mass is 255 g/mol. The van der Waals surface area contributed by atoms with Crippen LogP contribution in [0, 0.1) is 11.6 Å². The number of benzene rings is 1. The summed E-state index contributed by atoms with van der Waals surface area (Å²) in [5, 5.41) is 3.94. The van der Waals surface area contributed by atoms with Crippen LogP contribution in [-0.2, 0) is 6.42 Å². The van der Waals surface area contributed by atoms with E-state index in [0.29, 0.717) is 12.0 Å². The molecule has 2 N–H and O–H groups in total. The molecule has 1 aromatic carbocycles. The highest BCUT2D eigenvalue weighted by Gasteiger charge is 2.17. The van der Waals surface area contributed by atoms with Gasteiger partial charge in [-0.25, -0.2) is 8.78 Å². The Labute approximate surface area is 101 Å². The Bertz CT molecular complexity index is 527. The van der Waals surface area contributed by atoms with Gasteiger partial charge in [-0.1, -0.05) is 17.5 Å². The lowest BCUT2D eigenvalue weighted by Gasteiger charge is -2.10. The molecule has 0 saturated heterocycles. The molecule has 0 amide bonds. The molecule has 0 aliphatic heterocycles. The predicted octanol–water partition coefficient (Wildman–Crippen LogP) is 2.43. The number of hydrogen-bond acceptors (Lipinski definition) is 4. The van der Waals surface area contributed by atoms with Crippen molar-refractivity contribution < 1.29 is 8.78 Å². The van der Waals surface area contributed by atoms with Crippen molar-refractivity contribution in [3.8, 4) is 0 Å². The van der Waals surface area contributed by atoms with Crippen LogP contribution in [0.4, 0.5) is 8.78 Å². The molecule has 0 bridgehead atoms. The zero-order valence-corrected chi connectivity index (χ0v) is 9.97. The lowest BCUT2D eigenvalue weighted by atomic mass is 10.0. The molecule has 0 aliphatic rings. The van der Waals surface area contributed by atoms with Gasteiger partial charge in [-0.15, -0.1) is 5.10 Å². The number of aromatic nitrogens is 2. The first-order chi connectivity index (χ1) is 8.13. The predicted molar refractivity (Wildman–Crippen MR) is 61.7 cm³/mol. The van der Waals surface area contributed by atoms with Crippen molar-refractivity contribution in [2.24, 2.45) is 5.73 Å². The molecule has 3 nitrogen and oxygen atoms in total. The van der Waals surface area contributed by atoms with Gasteiger partial charge in [-0.2, -0.15) is 0 Å². The van der Waals surface area contributed by atoms with Gasteiger partial charge in [-0.05, 0) is 35.6 Å². The first kappa shape index (κ1) is 12.1. The van der Waals surface area contributed by atoms with Crippen LogP contribution in [0.2, 0.25) is 0 Å². The summed E-state index contributed by atoms with van der Waals surface area (Å²) in [6, 6.07) is 3.14. The van der Waals surface area contributed by atoms with Gasteiger partial charge < -0.3 is 5.73 Å². The van der Waals surface area contributed by atoms with Crippen molar-refractivity contribution >= 4 is 11.5 Å². The highest BCUT2D eigenvalue weighted by molar-refractivity contribution is 7.05. The minimum absolute atomic E-state index is 0.514. The van der Waals surface area contributed by atoms with E-state index in [0.717, 1.165) is 22.7 Å². The van der Waals surface area contributed by atoms with E-state index in [9.17, 15) is 8.78 Å². The largest absolute Gasteiger partial charge is 0.319 e. The van der Waals surface area contributed by atoms with Crippen LogP contribution >= 0.6 is 11.5 Å². The second-order valence-electron chi connectivity index (χ2n) is 3.59. The highest BCUT2D eigenvalue weighted by Crippen LogP contribution is 2.26. The molecule has 1 atom stereocenters. The average molecular weight is 255 g/mol. The lowest BCUT2D eigenvalue weighted by molar-refractivity contribution is 0.506. The molecule has 0 fully saturated rings. The Kier molecular flexibility index (Phi) is 3.44. The summed E-state index contributed by atoms with van der Waals surface area (Å²) in [4.78, 5) is 0.790. The molecule has 1 unspecified atom stereocenters. The molecule has 0 aliphatic carbocycles. The Balaban J connectivity index is 2.36. The third kappa shape index (κ3) is 2.32. The van der Waals surface area contributed by atoms with E-state index in [1.54, 1.807) is 0 Å². The van der Waals surface area contributed by atoms with E-state index in [2.05, 4.69) is 9.59 Å². The minimum atomic E-state index is -0.895. The van der Waals surface area contributed by atoms with Crippen LogP contribution in [0.3, 0.4) is 0 Å². The van der Waals surface area contributed by atoms with E-state index in [-0.39, 0.29) is 0 Å². The quantitative estimate of drug-likeness (QED) is 0.916. The first-order valence-corrected chi connectivity index (χ1v) is 5.92. The summed E-state index contributed by atoms with van der Waals surface area (Å²) in [6.07, 6.45) is 0.712. The number of halogens is 2. The molecule has 90 valence electrons. The molecule has 1 aromatic heterocycles. The van der Waals surface area contributed by atoms with Crippen LogP contribution in [0.15, 0.2) is 18.2 Å². The van der Waals surface area contributed by atoms with Crippen molar-refractivity contribution in [3.63, 3.8) is 0 Å². The van der Waals surface area contributed by atoms with Gasteiger partial charge in [0.15, 0.2) is 11.6 Å². The summed E-state index contributed by atoms with van der Waals surface area (Å²) >= 11 is 1.18.